The second-order valence-electron chi connectivity index (χ2n) is 5.05. The van der Waals surface area contributed by atoms with Crippen molar-refractivity contribution in [2.45, 2.75) is 12.8 Å². The van der Waals surface area contributed by atoms with Crippen molar-refractivity contribution in [3.8, 4) is 0 Å². The van der Waals surface area contributed by atoms with Gasteiger partial charge in [0, 0.05) is 12.4 Å². The van der Waals surface area contributed by atoms with E-state index in [4.69, 9.17) is 0 Å². The highest BCUT2D eigenvalue weighted by molar-refractivity contribution is 7.23. The lowest BCUT2D eigenvalue weighted by molar-refractivity contribution is 0.580. The van der Waals surface area contributed by atoms with E-state index in [1.165, 1.54) is 41.7 Å². The topological polar surface area (TPSA) is 29.3 Å². The van der Waals surface area contributed by atoms with Crippen LogP contribution in [0.4, 0.5) is 0 Å². The van der Waals surface area contributed by atoms with Gasteiger partial charge in [-0.1, -0.05) is 17.4 Å². The number of nitrogens with one attached hydrogen (secondary N) is 1. The summed E-state index contributed by atoms with van der Waals surface area (Å²) >= 11 is 1.78. The first-order chi connectivity index (χ1) is 8.90. The van der Waals surface area contributed by atoms with Crippen molar-refractivity contribution >= 4 is 26.5 Å². The summed E-state index contributed by atoms with van der Waals surface area (Å²) in [6.45, 7) is 2.35. The molecule has 1 unspecified atom stereocenters. The maximum absolute atomic E-state index is 4.36. The van der Waals surface area contributed by atoms with Crippen LogP contribution in [0.15, 0.2) is 30.6 Å². The van der Waals surface area contributed by atoms with E-state index in [1.807, 2.05) is 12.4 Å². The van der Waals surface area contributed by atoms with Crippen molar-refractivity contribution < 1.29 is 0 Å². The first-order valence-electron chi connectivity index (χ1n) is 6.45. The van der Waals surface area contributed by atoms with Crippen molar-refractivity contribution in [2.75, 3.05) is 13.1 Å². The van der Waals surface area contributed by atoms with Gasteiger partial charge in [-0.2, -0.15) is 0 Å². The molecule has 18 heavy (non-hydrogen) atoms. The Morgan fingerprint density at radius 2 is 2.44 bits per heavy atom. The van der Waals surface area contributed by atoms with Crippen LogP contribution in [-0.2, 0) is 6.42 Å². The van der Waals surface area contributed by atoms with Crippen LogP contribution in [-0.4, -0.2) is 22.5 Å². The number of thiazole rings is 1. The monoisotopic (exact) mass is 257 g/mol. The molecule has 4 rings (SSSR count). The van der Waals surface area contributed by atoms with Gasteiger partial charge < -0.3 is 5.32 Å². The van der Waals surface area contributed by atoms with Gasteiger partial charge in [0.15, 0.2) is 4.96 Å². The van der Waals surface area contributed by atoms with E-state index in [0.29, 0.717) is 0 Å². The summed E-state index contributed by atoms with van der Waals surface area (Å²) in [5, 5.41) is 3.44. The molecule has 1 saturated heterocycles. The molecule has 1 fully saturated rings. The highest BCUT2D eigenvalue weighted by Crippen LogP contribution is 2.27. The maximum atomic E-state index is 4.36. The van der Waals surface area contributed by atoms with Gasteiger partial charge in [0.25, 0.3) is 0 Å². The minimum Gasteiger partial charge on any atom is -0.316 e. The van der Waals surface area contributed by atoms with Crippen LogP contribution in [0.25, 0.3) is 15.2 Å². The number of fused-ring (bicyclic) bond motifs is 3. The molecule has 0 bridgehead atoms. The molecule has 0 amide bonds. The molecule has 0 saturated carbocycles. The van der Waals surface area contributed by atoms with Crippen molar-refractivity contribution in [3.63, 3.8) is 0 Å². The normalized spacial score (nSPS) is 20.1. The minimum atomic E-state index is 0.812. The standard InChI is InChI=1S/C14H15N3S/c1-2-12-13(18-14-16-5-6-17(12)14)8-10(1)7-11-3-4-15-9-11/h1-2,5-6,8,11,15H,3-4,7,9H2. The smallest absolute Gasteiger partial charge is 0.194 e. The Kier molecular flexibility index (Phi) is 2.38. The third-order valence-electron chi connectivity index (χ3n) is 3.78. The first-order valence-corrected chi connectivity index (χ1v) is 7.27. The third-order valence-corrected chi connectivity index (χ3v) is 4.81. The van der Waals surface area contributed by atoms with Crippen LogP contribution in [0.3, 0.4) is 0 Å². The molecule has 0 aliphatic carbocycles. The summed E-state index contributed by atoms with van der Waals surface area (Å²) in [5.74, 6) is 0.812. The van der Waals surface area contributed by atoms with Gasteiger partial charge in [0.1, 0.15) is 0 Å². The molecule has 1 aliphatic heterocycles. The van der Waals surface area contributed by atoms with Gasteiger partial charge in [0.05, 0.1) is 10.2 Å². The summed E-state index contributed by atoms with van der Waals surface area (Å²) in [6.07, 6.45) is 6.41. The van der Waals surface area contributed by atoms with Crippen LogP contribution >= 0.6 is 11.3 Å². The largest absolute Gasteiger partial charge is 0.316 e. The van der Waals surface area contributed by atoms with Gasteiger partial charge in [-0.3, -0.25) is 4.40 Å². The molecular weight excluding hydrogens is 242 g/mol. The number of nitrogens with zero attached hydrogens (tertiary/aromatic N) is 2. The number of rotatable bonds is 2. The van der Waals surface area contributed by atoms with Crippen LogP contribution < -0.4 is 5.32 Å². The molecule has 4 heteroatoms. The van der Waals surface area contributed by atoms with E-state index in [9.17, 15) is 0 Å². The Bertz CT molecular complexity index is 691. The number of imidazole rings is 1. The summed E-state index contributed by atoms with van der Waals surface area (Å²) in [4.78, 5) is 5.45. The molecule has 3 aromatic rings. The zero-order valence-corrected chi connectivity index (χ0v) is 10.9. The van der Waals surface area contributed by atoms with Crippen LogP contribution in [0, 0.1) is 5.92 Å². The maximum Gasteiger partial charge on any atom is 0.194 e. The van der Waals surface area contributed by atoms with Gasteiger partial charge in [-0.15, -0.1) is 0 Å². The SMILES string of the molecule is c1cn2c(n1)sc1cc(CC3CCNC3)ccc12. The molecule has 1 atom stereocenters. The van der Waals surface area contributed by atoms with Crippen LogP contribution in [0.2, 0.25) is 0 Å². The molecule has 0 radical (unpaired) electrons. The van der Waals surface area contributed by atoms with E-state index in [0.717, 1.165) is 10.9 Å². The third kappa shape index (κ3) is 1.64. The predicted octanol–water partition coefficient (Wildman–Crippen LogP) is 2.70. The lowest BCUT2D eigenvalue weighted by Gasteiger charge is -2.07. The number of hydrogen-bond donors (Lipinski definition) is 1. The molecule has 1 aromatic carbocycles. The Labute approximate surface area is 109 Å². The van der Waals surface area contributed by atoms with Gasteiger partial charge in [-0.25, -0.2) is 4.98 Å². The van der Waals surface area contributed by atoms with Crippen molar-refractivity contribution in [3.05, 3.63) is 36.2 Å². The fourth-order valence-corrected chi connectivity index (χ4v) is 3.88. The highest BCUT2D eigenvalue weighted by atomic mass is 32.1. The molecular formula is C14H15N3S. The van der Waals surface area contributed by atoms with E-state index in [1.54, 1.807) is 11.3 Å². The molecule has 2 aromatic heterocycles. The minimum absolute atomic E-state index is 0.812. The number of benzene rings is 1. The van der Waals surface area contributed by atoms with Crippen molar-refractivity contribution in [1.29, 1.82) is 0 Å². The average molecular weight is 257 g/mol. The fourth-order valence-electron chi connectivity index (χ4n) is 2.84. The number of hydrogen-bond acceptors (Lipinski definition) is 3. The van der Waals surface area contributed by atoms with Gasteiger partial charge >= 0.3 is 0 Å². The predicted molar refractivity (Wildman–Crippen MR) is 75.3 cm³/mol. The van der Waals surface area contributed by atoms with E-state index in [-0.39, 0.29) is 0 Å². The fraction of sp³-hybridized carbons (Fsp3) is 0.357. The van der Waals surface area contributed by atoms with Crippen molar-refractivity contribution in [1.82, 2.24) is 14.7 Å². The summed E-state index contributed by atoms with van der Waals surface area (Å²) in [7, 11) is 0. The summed E-state index contributed by atoms with van der Waals surface area (Å²) in [5.41, 5.74) is 2.74. The zero-order chi connectivity index (χ0) is 11.9. The second kappa shape index (κ2) is 4.07. The van der Waals surface area contributed by atoms with E-state index < -0.39 is 0 Å². The Morgan fingerprint density at radius 1 is 1.44 bits per heavy atom. The van der Waals surface area contributed by atoms with Crippen LogP contribution in [0.5, 0.6) is 0 Å². The molecule has 1 N–H and O–H groups in total. The molecule has 0 spiro atoms. The van der Waals surface area contributed by atoms with Crippen molar-refractivity contribution in [2.24, 2.45) is 5.92 Å². The van der Waals surface area contributed by atoms with E-state index >= 15 is 0 Å². The average Bonchev–Trinajstić information content (AvgIpc) is 3.04. The van der Waals surface area contributed by atoms with E-state index in [2.05, 4.69) is 32.9 Å². The molecule has 1 aliphatic rings. The second-order valence-corrected chi connectivity index (χ2v) is 6.06. The number of aromatic nitrogens is 2. The Balaban J connectivity index is 1.73. The molecule has 92 valence electrons. The lowest BCUT2D eigenvalue weighted by Crippen LogP contribution is -2.10. The van der Waals surface area contributed by atoms with Crippen LogP contribution in [0.1, 0.15) is 12.0 Å². The Hall–Kier alpha value is -1.39. The highest BCUT2D eigenvalue weighted by Gasteiger charge is 2.15. The van der Waals surface area contributed by atoms with Gasteiger partial charge in [0.2, 0.25) is 0 Å². The molecule has 3 heterocycles. The zero-order valence-electron chi connectivity index (χ0n) is 10.1. The lowest BCUT2D eigenvalue weighted by atomic mass is 9.99. The summed E-state index contributed by atoms with van der Waals surface area (Å²) < 4.78 is 3.52. The van der Waals surface area contributed by atoms with Gasteiger partial charge in [-0.05, 0) is 49.5 Å². The first kappa shape index (κ1) is 10.5. The Morgan fingerprint density at radius 3 is 3.33 bits per heavy atom. The summed E-state index contributed by atoms with van der Waals surface area (Å²) in [6, 6.07) is 6.85. The quantitative estimate of drug-likeness (QED) is 0.765. The molecule has 3 nitrogen and oxygen atoms in total.